The summed E-state index contributed by atoms with van der Waals surface area (Å²) in [7, 11) is -2.90. The Kier molecular flexibility index (Phi) is 6.15. The second-order valence-corrected chi connectivity index (χ2v) is 6.51. The minimum Gasteiger partial charge on any atom is -0.494 e. The average molecular weight is 271 g/mol. The van der Waals surface area contributed by atoms with Crippen molar-refractivity contribution in [1.29, 1.82) is 0 Å². The molecule has 0 amide bonds. The van der Waals surface area contributed by atoms with Gasteiger partial charge in [0.1, 0.15) is 15.6 Å². The molecule has 0 atom stereocenters. The summed E-state index contributed by atoms with van der Waals surface area (Å²) >= 11 is 0. The first-order valence-corrected chi connectivity index (χ1v) is 8.02. The van der Waals surface area contributed by atoms with Crippen LogP contribution in [0.1, 0.15) is 25.3 Å². The molecular formula is C13H21NO3S. The van der Waals surface area contributed by atoms with Crippen molar-refractivity contribution in [2.45, 2.75) is 26.3 Å². The summed E-state index contributed by atoms with van der Waals surface area (Å²) in [6.45, 7) is 2.76. The van der Waals surface area contributed by atoms with Crippen LogP contribution in [0.2, 0.25) is 0 Å². The van der Waals surface area contributed by atoms with Gasteiger partial charge < -0.3 is 10.5 Å². The fourth-order valence-electron chi connectivity index (χ4n) is 1.64. The number of hydrogen-bond acceptors (Lipinski definition) is 4. The maximum Gasteiger partial charge on any atom is 0.150 e. The summed E-state index contributed by atoms with van der Waals surface area (Å²) in [6.07, 6.45) is 1.19. The molecule has 1 rings (SSSR count). The summed E-state index contributed by atoms with van der Waals surface area (Å²) in [5.74, 6) is 1.19. The molecule has 102 valence electrons. The van der Waals surface area contributed by atoms with E-state index in [-0.39, 0.29) is 11.5 Å². The molecular weight excluding hydrogens is 250 g/mol. The van der Waals surface area contributed by atoms with Gasteiger partial charge in [-0.3, -0.25) is 0 Å². The van der Waals surface area contributed by atoms with E-state index in [2.05, 4.69) is 0 Å². The minimum atomic E-state index is -2.90. The van der Waals surface area contributed by atoms with E-state index in [0.29, 0.717) is 26.0 Å². The zero-order valence-corrected chi connectivity index (χ0v) is 11.6. The molecule has 0 bridgehead atoms. The van der Waals surface area contributed by atoms with Crippen LogP contribution in [0.4, 0.5) is 0 Å². The van der Waals surface area contributed by atoms with Crippen LogP contribution in [-0.2, 0) is 16.4 Å². The Labute approximate surface area is 109 Å². The molecule has 0 saturated carbocycles. The first-order chi connectivity index (χ1) is 8.57. The Morgan fingerprint density at radius 1 is 1.28 bits per heavy atom. The molecule has 0 aliphatic carbocycles. The van der Waals surface area contributed by atoms with Gasteiger partial charge in [-0.1, -0.05) is 19.1 Å². The number of sulfone groups is 1. The van der Waals surface area contributed by atoms with E-state index in [0.717, 1.165) is 11.3 Å². The zero-order chi connectivity index (χ0) is 13.4. The van der Waals surface area contributed by atoms with E-state index in [1.165, 1.54) is 0 Å². The van der Waals surface area contributed by atoms with Gasteiger partial charge in [-0.2, -0.15) is 0 Å². The third-order valence-corrected chi connectivity index (χ3v) is 4.46. The molecule has 0 aromatic heterocycles. The van der Waals surface area contributed by atoms with E-state index >= 15 is 0 Å². The van der Waals surface area contributed by atoms with Crippen molar-refractivity contribution < 1.29 is 13.2 Å². The Morgan fingerprint density at radius 2 is 2.06 bits per heavy atom. The van der Waals surface area contributed by atoms with Crippen molar-refractivity contribution in [3.8, 4) is 5.75 Å². The Hall–Kier alpha value is -1.07. The van der Waals surface area contributed by atoms with Gasteiger partial charge in [0.15, 0.2) is 0 Å². The van der Waals surface area contributed by atoms with Crippen molar-refractivity contribution in [2.24, 2.45) is 5.73 Å². The molecule has 1 aromatic rings. The smallest absolute Gasteiger partial charge is 0.150 e. The van der Waals surface area contributed by atoms with E-state index in [9.17, 15) is 8.42 Å². The lowest BCUT2D eigenvalue weighted by molar-refractivity contribution is 0.317. The first-order valence-electron chi connectivity index (χ1n) is 6.19. The van der Waals surface area contributed by atoms with Gasteiger partial charge in [0.05, 0.1) is 12.4 Å². The number of ether oxygens (including phenoxy) is 1. The van der Waals surface area contributed by atoms with Gasteiger partial charge in [-0.25, -0.2) is 8.42 Å². The van der Waals surface area contributed by atoms with Crippen molar-refractivity contribution >= 4 is 9.84 Å². The molecule has 0 unspecified atom stereocenters. The molecule has 0 aliphatic rings. The summed E-state index contributed by atoms with van der Waals surface area (Å²) in [4.78, 5) is 0. The summed E-state index contributed by atoms with van der Waals surface area (Å²) in [5.41, 5.74) is 6.53. The topological polar surface area (TPSA) is 69.4 Å². The largest absolute Gasteiger partial charge is 0.494 e. The Bertz CT molecular complexity index is 457. The second-order valence-electron chi connectivity index (χ2n) is 4.21. The lowest BCUT2D eigenvalue weighted by atomic mass is 10.2. The maximum atomic E-state index is 11.5. The van der Waals surface area contributed by atoms with Crippen LogP contribution >= 0.6 is 0 Å². The standard InChI is InChI=1S/C13H21NO3S/c1-2-8-18(15,16)9-4-7-17-13-6-3-5-12(10-13)11-14/h3,5-6,10H,2,4,7-9,11,14H2,1H3. The van der Waals surface area contributed by atoms with Crippen LogP contribution in [-0.4, -0.2) is 26.5 Å². The summed E-state index contributed by atoms with van der Waals surface area (Å²) in [5, 5.41) is 0. The molecule has 0 saturated heterocycles. The molecule has 5 heteroatoms. The van der Waals surface area contributed by atoms with Gasteiger partial charge in [-0.05, 0) is 30.5 Å². The van der Waals surface area contributed by atoms with Gasteiger partial charge in [-0.15, -0.1) is 0 Å². The van der Waals surface area contributed by atoms with Crippen molar-refractivity contribution in [1.82, 2.24) is 0 Å². The maximum absolute atomic E-state index is 11.5. The third-order valence-electron chi connectivity index (χ3n) is 2.52. The normalized spacial score (nSPS) is 11.4. The number of rotatable bonds is 8. The van der Waals surface area contributed by atoms with Gasteiger partial charge in [0.2, 0.25) is 0 Å². The highest BCUT2D eigenvalue weighted by molar-refractivity contribution is 7.91. The number of benzene rings is 1. The van der Waals surface area contributed by atoms with E-state index in [1.807, 2.05) is 31.2 Å². The molecule has 0 fully saturated rings. The van der Waals surface area contributed by atoms with Crippen LogP contribution in [0, 0.1) is 0 Å². The molecule has 1 aromatic carbocycles. The quantitative estimate of drug-likeness (QED) is 0.731. The minimum absolute atomic E-state index is 0.192. The lowest BCUT2D eigenvalue weighted by Crippen LogP contribution is -2.13. The van der Waals surface area contributed by atoms with Gasteiger partial charge >= 0.3 is 0 Å². The number of nitrogens with two attached hydrogens (primary N) is 1. The highest BCUT2D eigenvalue weighted by Gasteiger charge is 2.08. The van der Waals surface area contributed by atoms with Gasteiger partial charge in [0.25, 0.3) is 0 Å². The van der Waals surface area contributed by atoms with Crippen LogP contribution in [0.5, 0.6) is 5.75 Å². The second kappa shape index (κ2) is 7.38. The van der Waals surface area contributed by atoms with Crippen LogP contribution in [0.15, 0.2) is 24.3 Å². The third kappa shape index (κ3) is 5.51. The SMILES string of the molecule is CCCS(=O)(=O)CCCOc1cccc(CN)c1. The molecule has 4 nitrogen and oxygen atoms in total. The molecule has 2 N–H and O–H groups in total. The lowest BCUT2D eigenvalue weighted by Gasteiger charge is -2.07. The Morgan fingerprint density at radius 3 is 2.72 bits per heavy atom. The van der Waals surface area contributed by atoms with Crippen molar-refractivity contribution in [3.05, 3.63) is 29.8 Å². The van der Waals surface area contributed by atoms with E-state index < -0.39 is 9.84 Å². The zero-order valence-electron chi connectivity index (χ0n) is 10.8. The van der Waals surface area contributed by atoms with Crippen LogP contribution in [0.3, 0.4) is 0 Å². The first kappa shape index (κ1) is 15.0. The fourth-order valence-corrected chi connectivity index (χ4v) is 3.03. The monoisotopic (exact) mass is 271 g/mol. The fraction of sp³-hybridized carbons (Fsp3) is 0.538. The summed E-state index contributed by atoms with van der Waals surface area (Å²) in [6, 6.07) is 7.53. The van der Waals surface area contributed by atoms with Crippen LogP contribution in [0.25, 0.3) is 0 Å². The van der Waals surface area contributed by atoms with Crippen molar-refractivity contribution in [3.63, 3.8) is 0 Å². The predicted molar refractivity (Wildman–Crippen MR) is 73.4 cm³/mol. The van der Waals surface area contributed by atoms with Gasteiger partial charge in [0, 0.05) is 12.3 Å². The van der Waals surface area contributed by atoms with Crippen molar-refractivity contribution in [2.75, 3.05) is 18.1 Å². The molecule has 0 heterocycles. The molecule has 0 radical (unpaired) electrons. The molecule has 0 aliphatic heterocycles. The Balaban J connectivity index is 2.33. The predicted octanol–water partition coefficient (Wildman–Crippen LogP) is 1.74. The van der Waals surface area contributed by atoms with E-state index in [4.69, 9.17) is 10.5 Å². The number of hydrogen-bond donors (Lipinski definition) is 1. The molecule has 18 heavy (non-hydrogen) atoms. The highest BCUT2D eigenvalue weighted by Crippen LogP contribution is 2.13. The summed E-state index contributed by atoms with van der Waals surface area (Å²) < 4.78 is 28.4. The molecule has 0 spiro atoms. The van der Waals surface area contributed by atoms with Crippen LogP contribution < -0.4 is 10.5 Å². The highest BCUT2D eigenvalue weighted by atomic mass is 32.2. The van der Waals surface area contributed by atoms with E-state index in [1.54, 1.807) is 0 Å². The average Bonchev–Trinajstić information content (AvgIpc) is 2.35.